The van der Waals surface area contributed by atoms with Gasteiger partial charge in [-0.25, -0.2) is 4.79 Å². The van der Waals surface area contributed by atoms with Crippen LogP contribution in [-0.4, -0.2) is 36.8 Å². The molecule has 8 nitrogen and oxygen atoms in total. The maximum absolute atomic E-state index is 13.3. The maximum atomic E-state index is 13.3. The number of hydrogen-bond donors (Lipinski definition) is 0. The lowest BCUT2D eigenvalue weighted by atomic mass is 10.2. The summed E-state index contributed by atoms with van der Waals surface area (Å²) in [6, 6.07) is 7.14. The standard InChI is InChI=1S/C20H22ClN5O3/c1-13-11-25-16-17(22-19(25)24(13)8-5-9-29-3)23(2)20(28)26(18(16)27)12-14-6-4-7-15(21)10-14/h4,6-7,10-11H,5,8-9,12H2,1-3H3. The van der Waals surface area contributed by atoms with Gasteiger partial charge in [-0.1, -0.05) is 23.7 Å². The topological polar surface area (TPSA) is 75.5 Å². The highest BCUT2D eigenvalue weighted by Gasteiger charge is 2.20. The predicted octanol–water partition coefficient (Wildman–Crippen LogP) is 2.20. The van der Waals surface area contributed by atoms with Gasteiger partial charge in [0.15, 0.2) is 11.2 Å². The molecule has 0 saturated carbocycles. The molecule has 0 radical (unpaired) electrons. The zero-order valence-corrected chi connectivity index (χ0v) is 17.3. The van der Waals surface area contributed by atoms with Crippen LogP contribution >= 0.6 is 11.6 Å². The largest absolute Gasteiger partial charge is 0.385 e. The lowest BCUT2D eigenvalue weighted by Gasteiger charge is -2.08. The van der Waals surface area contributed by atoms with Crippen molar-refractivity contribution < 1.29 is 4.74 Å². The number of hydrogen-bond acceptors (Lipinski definition) is 4. The minimum absolute atomic E-state index is 0.142. The number of aromatic nitrogens is 5. The number of benzene rings is 1. The predicted molar refractivity (Wildman–Crippen MR) is 112 cm³/mol. The summed E-state index contributed by atoms with van der Waals surface area (Å²) >= 11 is 6.05. The number of halogens is 1. The molecular weight excluding hydrogens is 394 g/mol. The number of aryl methyl sites for hydroxylation is 3. The van der Waals surface area contributed by atoms with Crippen molar-refractivity contribution >= 4 is 28.5 Å². The molecule has 29 heavy (non-hydrogen) atoms. The highest BCUT2D eigenvalue weighted by molar-refractivity contribution is 6.30. The molecule has 0 spiro atoms. The van der Waals surface area contributed by atoms with Crippen molar-refractivity contribution in [2.45, 2.75) is 26.4 Å². The Morgan fingerprint density at radius 1 is 1.21 bits per heavy atom. The average Bonchev–Trinajstić information content (AvgIpc) is 3.19. The summed E-state index contributed by atoms with van der Waals surface area (Å²) in [6.07, 6.45) is 2.70. The first-order valence-electron chi connectivity index (χ1n) is 9.33. The smallest absolute Gasteiger partial charge is 0.332 e. The van der Waals surface area contributed by atoms with E-state index >= 15 is 0 Å². The van der Waals surface area contributed by atoms with Gasteiger partial charge in [0.05, 0.1) is 6.54 Å². The fourth-order valence-electron chi connectivity index (χ4n) is 3.66. The second-order valence-electron chi connectivity index (χ2n) is 7.09. The summed E-state index contributed by atoms with van der Waals surface area (Å²) in [4.78, 5) is 30.8. The number of rotatable bonds is 6. The van der Waals surface area contributed by atoms with Gasteiger partial charge in [0.1, 0.15) is 0 Å². The zero-order valence-electron chi connectivity index (χ0n) is 16.6. The van der Waals surface area contributed by atoms with E-state index in [1.165, 1.54) is 9.13 Å². The van der Waals surface area contributed by atoms with Crippen LogP contribution in [-0.2, 0) is 24.9 Å². The molecule has 0 aliphatic heterocycles. The fraction of sp³-hybridized carbons (Fsp3) is 0.350. The molecular formula is C20H22ClN5O3. The van der Waals surface area contributed by atoms with Gasteiger partial charge in [-0.3, -0.25) is 18.3 Å². The van der Waals surface area contributed by atoms with Gasteiger partial charge in [0, 0.05) is 44.2 Å². The molecule has 3 heterocycles. The van der Waals surface area contributed by atoms with Crippen LogP contribution in [0.15, 0.2) is 40.1 Å². The summed E-state index contributed by atoms with van der Waals surface area (Å²) in [5.74, 6) is 0.640. The molecule has 0 amide bonds. The van der Waals surface area contributed by atoms with E-state index in [9.17, 15) is 9.59 Å². The van der Waals surface area contributed by atoms with E-state index in [2.05, 4.69) is 4.98 Å². The van der Waals surface area contributed by atoms with E-state index in [0.29, 0.717) is 35.1 Å². The van der Waals surface area contributed by atoms with Crippen molar-refractivity contribution in [2.75, 3.05) is 13.7 Å². The lowest BCUT2D eigenvalue weighted by molar-refractivity contribution is 0.190. The molecule has 0 aliphatic carbocycles. The van der Waals surface area contributed by atoms with Crippen molar-refractivity contribution in [1.82, 2.24) is 23.1 Å². The number of nitrogens with zero attached hydrogens (tertiary/aromatic N) is 5. The minimum atomic E-state index is -0.411. The minimum Gasteiger partial charge on any atom is -0.385 e. The first kappa shape index (κ1) is 19.5. The Morgan fingerprint density at radius 2 is 2.00 bits per heavy atom. The van der Waals surface area contributed by atoms with Crippen molar-refractivity contribution in [2.24, 2.45) is 7.05 Å². The summed E-state index contributed by atoms with van der Waals surface area (Å²) in [7, 11) is 3.30. The van der Waals surface area contributed by atoms with Crippen LogP contribution in [0.5, 0.6) is 0 Å². The van der Waals surface area contributed by atoms with Crippen molar-refractivity contribution in [1.29, 1.82) is 0 Å². The number of methoxy groups -OCH3 is 1. The molecule has 9 heteroatoms. The summed E-state index contributed by atoms with van der Waals surface area (Å²) < 4.78 is 11.6. The summed E-state index contributed by atoms with van der Waals surface area (Å²) in [6.45, 7) is 3.46. The molecule has 0 N–H and O–H groups in total. The van der Waals surface area contributed by atoms with Crippen molar-refractivity contribution in [3.63, 3.8) is 0 Å². The molecule has 0 fully saturated rings. The number of ether oxygens (including phenoxy) is 1. The average molecular weight is 416 g/mol. The quantitative estimate of drug-likeness (QED) is 0.452. The third kappa shape index (κ3) is 3.28. The molecule has 0 unspecified atom stereocenters. The van der Waals surface area contributed by atoms with Crippen LogP contribution in [0.25, 0.3) is 16.9 Å². The van der Waals surface area contributed by atoms with Crippen LogP contribution in [0, 0.1) is 6.92 Å². The Labute approximate surface area is 171 Å². The molecule has 1 aromatic carbocycles. The van der Waals surface area contributed by atoms with Crippen LogP contribution in [0.3, 0.4) is 0 Å². The molecule has 4 aromatic rings. The zero-order chi connectivity index (χ0) is 20.7. The van der Waals surface area contributed by atoms with Gasteiger partial charge in [-0.15, -0.1) is 0 Å². The molecule has 152 valence electrons. The van der Waals surface area contributed by atoms with Gasteiger partial charge in [0.2, 0.25) is 5.78 Å². The normalized spacial score (nSPS) is 11.7. The van der Waals surface area contributed by atoms with Gasteiger partial charge in [-0.2, -0.15) is 4.98 Å². The Kier molecular flexibility index (Phi) is 5.06. The van der Waals surface area contributed by atoms with Crippen LogP contribution in [0.1, 0.15) is 17.7 Å². The summed E-state index contributed by atoms with van der Waals surface area (Å²) in [5, 5.41) is 0.559. The SMILES string of the molecule is COCCCn1c(C)cn2c3c(=O)n(Cc4cccc(Cl)c4)c(=O)n(C)c3nc12. The van der Waals surface area contributed by atoms with E-state index in [1.54, 1.807) is 36.8 Å². The van der Waals surface area contributed by atoms with E-state index in [-0.39, 0.29) is 12.1 Å². The molecule has 0 bridgehead atoms. The molecule has 3 aromatic heterocycles. The fourth-order valence-corrected chi connectivity index (χ4v) is 3.87. The molecule has 0 aliphatic rings. The molecule has 0 atom stereocenters. The number of fused-ring (bicyclic) bond motifs is 3. The van der Waals surface area contributed by atoms with Gasteiger partial charge in [-0.05, 0) is 31.0 Å². The van der Waals surface area contributed by atoms with E-state index in [4.69, 9.17) is 16.3 Å². The van der Waals surface area contributed by atoms with E-state index in [1.807, 2.05) is 23.8 Å². The van der Waals surface area contributed by atoms with Gasteiger partial charge < -0.3 is 9.30 Å². The Balaban J connectivity index is 1.91. The number of imidazole rings is 2. The highest BCUT2D eigenvalue weighted by Crippen LogP contribution is 2.17. The van der Waals surface area contributed by atoms with E-state index in [0.717, 1.165) is 17.7 Å². The van der Waals surface area contributed by atoms with Gasteiger partial charge >= 0.3 is 5.69 Å². The lowest BCUT2D eigenvalue weighted by Crippen LogP contribution is -2.39. The van der Waals surface area contributed by atoms with Crippen molar-refractivity contribution in [3.05, 3.63) is 67.6 Å². The second kappa shape index (κ2) is 7.53. The highest BCUT2D eigenvalue weighted by atomic mass is 35.5. The van der Waals surface area contributed by atoms with Crippen LogP contribution in [0.2, 0.25) is 5.02 Å². The Morgan fingerprint density at radius 3 is 2.72 bits per heavy atom. The third-order valence-electron chi connectivity index (χ3n) is 5.10. The van der Waals surface area contributed by atoms with Crippen LogP contribution in [0.4, 0.5) is 0 Å². The molecule has 4 rings (SSSR count). The summed E-state index contributed by atoms with van der Waals surface area (Å²) in [5.41, 5.74) is 1.75. The Bertz CT molecular complexity index is 1330. The van der Waals surface area contributed by atoms with Crippen molar-refractivity contribution in [3.8, 4) is 0 Å². The Hall–Kier alpha value is -2.84. The second-order valence-corrected chi connectivity index (χ2v) is 7.52. The first-order chi connectivity index (χ1) is 13.9. The van der Waals surface area contributed by atoms with E-state index < -0.39 is 5.69 Å². The maximum Gasteiger partial charge on any atom is 0.332 e. The molecule has 0 saturated heterocycles. The first-order valence-corrected chi connectivity index (χ1v) is 9.71. The third-order valence-corrected chi connectivity index (χ3v) is 5.34. The monoisotopic (exact) mass is 415 g/mol. The van der Waals surface area contributed by atoms with Gasteiger partial charge in [0.25, 0.3) is 5.56 Å². The van der Waals surface area contributed by atoms with Crippen LogP contribution < -0.4 is 11.2 Å².